The Morgan fingerprint density at radius 1 is 1.21 bits per heavy atom. The van der Waals surface area contributed by atoms with Gasteiger partial charge in [-0.1, -0.05) is 37.3 Å². The van der Waals surface area contributed by atoms with Crippen molar-refractivity contribution in [3.8, 4) is 0 Å². The van der Waals surface area contributed by atoms with Crippen molar-refractivity contribution in [2.75, 3.05) is 0 Å². The second-order valence-corrected chi connectivity index (χ2v) is 7.40. The van der Waals surface area contributed by atoms with E-state index in [2.05, 4.69) is 19.1 Å². The summed E-state index contributed by atoms with van der Waals surface area (Å²) < 4.78 is 2.82. The molecule has 0 amide bonds. The van der Waals surface area contributed by atoms with E-state index < -0.39 is 0 Å². The lowest BCUT2D eigenvalue weighted by molar-refractivity contribution is 0.106. The molecule has 122 valence electrons. The van der Waals surface area contributed by atoms with E-state index in [1.807, 2.05) is 29.7 Å². The summed E-state index contributed by atoms with van der Waals surface area (Å²) in [4.78, 5) is 25.3. The normalized spacial score (nSPS) is 12.8. The summed E-state index contributed by atoms with van der Waals surface area (Å²) in [5.74, 6) is -0.0688. The highest BCUT2D eigenvalue weighted by Gasteiger charge is 2.06. The summed E-state index contributed by atoms with van der Waals surface area (Å²) in [7, 11) is 1.70. The van der Waals surface area contributed by atoms with Crippen LogP contribution in [-0.4, -0.2) is 10.4 Å². The third-order valence-corrected chi connectivity index (χ3v) is 5.76. The molecule has 0 fully saturated rings. The SMILES string of the molecule is CCc1ccc(/C=c2\s/c(=C\C(=O)c3cccs3)n(C)c2=O)cc1. The van der Waals surface area contributed by atoms with Gasteiger partial charge in [0.1, 0.15) is 4.66 Å². The molecule has 0 radical (unpaired) electrons. The highest BCUT2D eigenvalue weighted by molar-refractivity contribution is 7.12. The maximum absolute atomic E-state index is 12.4. The minimum atomic E-state index is -0.0789. The number of hydrogen-bond acceptors (Lipinski definition) is 4. The maximum Gasteiger partial charge on any atom is 0.268 e. The van der Waals surface area contributed by atoms with E-state index in [1.165, 1.54) is 38.9 Å². The number of nitrogens with zero attached hydrogens (tertiary/aromatic N) is 1. The summed E-state index contributed by atoms with van der Waals surface area (Å²) in [6, 6.07) is 11.8. The highest BCUT2D eigenvalue weighted by Crippen LogP contribution is 2.09. The van der Waals surface area contributed by atoms with E-state index in [4.69, 9.17) is 0 Å². The van der Waals surface area contributed by atoms with Crippen molar-refractivity contribution in [1.29, 1.82) is 0 Å². The minimum absolute atomic E-state index is 0.0688. The number of rotatable bonds is 4. The molecule has 2 heterocycles. The number of thiazole rings is 1. The molecular formula is C19H17NO2S2. The standard InChI is InChI=1S/C19H17NO2S2/c1-3-13-6-8-14(9-7-13)11-17-19(22)20(2)18(24-17)12-15(21)16-5-4-10-23-16/h4-12H,3H2,1-2H3/b17-11-,18-12-. The topological polar surface area (TPSA) is 39.1 Å². The van der Waals surface area contributed by atoms with Crippen LogP contribution in [0, 0.1) is 0 Å². The van der Waals surface area contributed by atoms with Gasteiger partial charge in [0.05, 0.1) is 9.41 Å². The van der Waals surface area contributed by atoms with Gasteiger partial charge in [-0.3, -0.25) is 9.59 Å². The molecule has 3 aromatic rings. The number of carbonyl (C=O) groups excluding carboxylic acids is 1. The second-order valence-electron chi connectivity index (χ2n) is 5.39. The molecule has 0 atom stereocenters. The molecule has 0 bridgehead atoms. The predicted octanol–water partition coefficient (Wildman–Crippen LogP) is 2.56. The smallest absolute Gasteiger partial charge is 0.268 e. The van der Waals surface area contributed by atoms with Crippen LogP contribution in [0.5, 0.6) is 0 Å². The third kappa shape index (κ3) is 3.47. The molecule has 0 aliphatic rings. The highest BCUT2D eigenvalue weighted by atomic mass is 32.1. The molecule has 1 aromatic carbocycles. The van der Waals surface area contributed by atoms with Crippen LogP contribution < -0.4 is 14.8 Å². The zero-order valence-electron chi connectivity index (χ0n) is 13.5. The van der Waals surface area contributed by atoms with Crippen molar-refractivity contribution >= 4 is 40.6 Å². The summed E-state index contributed by atoms with van der Waals surface area (Å²) >= 11 is 2.74. The Bertz CT molecular complexity index is 1020. The fraction of sp³-hybridized carbons (Fsp3) is 0.158. The average molecular weight is 355 g/mol. The first kappa shape index (κ1) is 16.6. The van der Waals surface area contributed by atoms with Gasteiger partial charge in [0.2, 0.25) is 0 Å². The van der Waals surface area contributed by atoms with Crippen LogP contribution >= 0.6 is 22.7 Å². The number of hydrogen-bond donors (Lipinski definition) is 0. The number of carbonyl (C=O) groups is 1. The quantitative estimate of drug-likeness (QED) is 0.675. The molecular weight excluding hydrogens is 338 g/mol. The molecule has 2 aromatic heterocycles. The van der Waals surface area contributed by atoms with Crippen molar-refractivity contribution in [3.05, 3.63) is 77.3 Å². The summed E-state index contributed by atoms with van der Waals surface area (Å²) in [6.45, 7) is 2.11. The predicted molar refractivity (Wildman–Crippen MR) is 101 cm³/mol. The van der Waals surface area contributed by atoms with Crippen LogP contribution in [0.3, 0.4) is 0 Å². The molecule has 3 rings (SSSR count). The molecule has 0 saturated heterocycles. The molecule has 0 spiro atoms. The van der Waals surface area contributed by atoms with E-state index in [9.17, 15) is 9.59 Å². The van der Waals surface area contributed by atoms with Crippen LogP contribution in [0.1, 0.15) is 27.7 Å². The van der Waals surface area contributed by atoms with Crippen molar-refractivity contribution in [2.24, 2.45) is 7.05 Å². The minimum Gasteiger partial charge on any atom is -0.302 e. The lowest BCUT2D eigenvalue weighted by Crippen LogP contribution is -2.29. The largest absolute Gasteiger partial charge is 0.302 e. The number of aryl methyl sites for hydroxylation is 1. The average Bonchev–Trinajstić information content (AvgIpc) is 3.21. The Hall–Kier alpha value is -2.24. The van der Waals surface area contributed by atoms with Crippen LogP contribution in [0.4, 0.5) is 0 Å². The zero-order chi connectivity index (χ0) is 17.1. The summed E-state index contributed by atoms with van der Waals surface area (Å²) in [5, 5.41) is 1.87. The van der Waals surface area contributed by atoms with E-state index in [0.29, 0.717) is 14.1 Å². The van der Waals surface area contributed by atoms with Gasteiger partial charge in [-0.05, 0) is 35.1 Å². The van der Waals surface area contributed by atoms with Crippen molar-refractivity contribution in [3.63, 3.8) is 0 Å². The first-order chi connectivity index (χ1) is 11.6. The number of thiophene rings is 1. The third-order valence-electron chi connectivity index (χ3n) is 3.76. The van der Waals surface area contributed by atoms with Crippen LogP contribution in [0.15, 0.2) is 46.6 Å². The fourth-order valence-electron chi connectivity index (χ4n) is 2.31. The number of Topliss-reactive ketones (excluding diaryl/α,β-unsaturated/α-hetero) is 1. The molecule has 0 N–H and O–H groups in total. The van der Waals surface area contributed by atoms with Crippen LogP contribution in [0.25, 0.3) is 12.2 Å². The van der Waals surface area contributed by atoms with Gasteiger partial charge in [0.25, 0.3) is 5.56 Å². The van der Waals surface area contributed by atoms with Gasteiger partial charge in [-0.25, -0.2) is 0 Å². The van der Waals surface area contributed by atoms with Gasteiger partial charge in [0.15, 0.2) is 5.78 Å². The number of benzene rings is 1. The van der Waals surface area contributed by atoms with E-state index in [-0.39, 0.29) is 11.3 Å². The van der Waals surface area contributed by atoms with Crippen LogP contribution in [0.2, 0.25) is 0 Å². The van der Waals surface area contributed by atoms with Gasteiger partial charge >= 0.3 is 0 Å². The molecule has 0 aliphatic carbocycles. The summed E-state index contributed by atoms with van der Waals surface area (Å²) in [6.07, 6.45) is 4.40. The zero-order valence-corrected chi connectivity index (χ0v) is 15.1. The van der Waals surface area contributed by atoms with Crippen molar-refractivity contribution < 1.29 is 4.79 Å². The lowest BCUT2D eigenvalue weighted by atomic mass is 10.1. The van der Waals surface area contributed by atoms with Gasteiger partial charge in [0, 0.05) is 13.1 Å². The first-order valence-electron chi connectivity index (χ1n) is 7.64. The van der Waals surface area contributed by atoms with Gasteiger partial charge in [-0.15, -0.1) is 22.7 Å². The Morgan fingerprint density at radius 3 is 2.58 bits per heavy atom. The molecule has 0 aliphatic heterocycles. The number of ketones is 1. The molecule has 0 unspecified atom stereocenters. The Labute approximate surface area is 147 Å². The van der Waals surface area contributed by atoms with E-state index >= 15 is 0 Å². The van der Waals surface area contributed by atoms with E-state index in [0.717, 1.165) is 12.0 Å². The second kappa shape index (κ2) is 7.11. The molecule has 5 heteroatoms. The monoisotopic (exact) mass is 355 g/mol. The Morgan fingerprint density at radius 2 is 1.96 bits per heavy atom. The van der Waals surface area contributed by atoms with Gasteiger partial charge < -0.3 is 4.57 Å². The molecule has 24 heavy (non-hydrogen) atoms. The van der Waals surface area contributed by atoms with Crippen molar-refractivity contribution in [2.45, 2.75) is 13.3 Å². The lowest BCUT2D eigenvalue weighted by Gasteiger charge is -1.96. The number of aromatic nitrogens is 1. The first-order valence-corrected chi connectivity index (χ1v) is 9.34. The maximum atomic E-state index is 12.4. The Balaban J connectivity index is 2.03. The fourth-order valence-corrected chi connectivity index (χ4v) is 3.98. The Kier molecular flexibility index (Phi) is 4.92. The van der Waals surface area contributed by atoms with Crippen molar-refractivity contribution in [1.82, 2.24) is 4.57 Å². The summed E-state index contributed by atoms with van der Waals surface area (Å²) in [5.41, 5.74) is 2.17. The van der Waals surface area contributed by atoms with Gasteiger partial charge in [-0.2, -0.15) is 0 Å². The van der Waals surface area contributed by atoms with Crippen LogP contribution in [-0.2, 0) is 13.5 Å². The molecule has 3 nitrogen and oxygen atoms in total. The van der Waals surface area contributed by atoms with E-state index in [1.54, 1.807) is 13.1 Å². The molecule has 0 saturated carbocycles.